The van der Waals surface area contributed by atoms with Crippen LogP contribution in [0.25, 0.3) is 5.69 Å². The van der Waals surface area contributed by atoms with E-state index in [1.165, 1.54) is 22.0 Å². The quantitative estimate of drug-likeness (QED) is 0.533. The predicted molar refractivity (Wildman–Crippen MR) is 122 cm³/mol. The highest BCUT2D eigenvalue weighted by atomic mass is 35.5. The summed E-state index contributed by atoms with van der Waals surface area (Å²) in [4.78, 5) is 37.6. The second-order valence-electron chi connectivity index (χ2n) is 7.21. The molecule has 4 rings (SSSR count). The molecular weight excluding hydrogens is 450 g/mol. The van der Waals surface area contributed by atoms with Crippen LogP contribution < -0.4 is 21.5 Å². The molecule has 10 heteroatoms. The van der Waals surface area contributed by atoms with Crippen molar-refractivity contribution in [2.75, 3.05) is 11.9 Å². The van der Waals surface area contributed by atoms with E-state index in [2.05, 4.69) is 22.0 Å². The first-order valence-electron chi connectivity index (χ1n) is 9.77. The molecular formula is C22H18ClN5O3S. The smallest absolute Gasteiger partial charge is 0.261 e. The van der Waals surface area contributed by atoms with Gasteiger partial charge < -0.3 is 16.0 Å². The molecule has 1 fully saturated rings. The number of benzene rings is 1. The molecule has 0 bridgehead atoms. The first-order chi connectivity index (χ1) is 15.4. The van der Waals surface area contributed by atoms with Crippen LogP contribution in [0, 0.1) is 11.3 Å². The van der Waals surface area contributed by atoms with Crippen molar-refractivity contribution in [3.05, 3.63) is 79.9 Å². The van der Waals surface area contributed by atoms with Gasteiger partial charge in [-0.3, -0.25) is 19.0 Å². The van der Waals surface area contributed by atoms with E-state index < -0.39 is 6.04 Å². The maximum absolute atomic E-state index is 12.7. The zero-order chi connectivity index (χ0) is 22.7. The van der Waals surface area contributed by atoms with E-state index in [9.17, 15) is 19.6 Å². The number of thiophene rings is 1. The summed E-state index contributed by atoms with van der Waals surface area (Å²) < 4.78 is 1.95. The molecule has 3 heterocycles. The van der Waals surface area contributed by atoms with Crippen LogP contribution in [-0.4, -0.2) is 35.0 Å². The summed E-state index contributed by atoms with van der Waals surface area (Å²) >= 11 is 7.07. The summed E-state index contributed by atoms with van der Waals surface area (Å²) in [6.45, 7) is 0.448. The van der Waals surface area contributed by atoms with Gasteiger partial charge in [0.05, 0.1) is 32.2 Å². The third kappa shape index (κ3) is 4.73. The van der Waals surface area contributed by atoms with Crippen molar-refractivity contribution in [2.45, 2.75) is 18.5 Å². The van der Waals surface area contributed by atoms with E-state index >= 15 is 0 Å². The molecule has 1 saturated heterocycles. The highest BCUT2D eigenvalue weighted by Crippen LogP contribution is 2.22. The summed E-state index contributed by atoms with van der Waals surface area (Å²) in [5, 5.41) is 18.3. The van der Waals surface area contributed by atoms with Crippen molar-refractivity contribution >= 4 is 40.4 Å². The predicted octanol–water partition coefficient (Wildman–Crippen LogP) is 2.52. The summed E-state index contributed by atoms with van der Waals surface area (Å²) in [5.74, 6) is -0.532. The van der Waals surface area contributed by atoms with E-state index in [1.54, 1.807) is 48.7 Å². The van der Waals surface area contributed by atoms with Crippen LogP contribution >= 0.6 is 22.9 Å². The van der Waals surface area contributed by atoms with Gasteiger partial charge in [-0.15, -0.1) is 11.3 Å². The number of nitrogens with one attached hydrogen (secondary N) is 3. The van der Waals surface area contributed by atoms with Crippen LogP contribution in [0.15, 0.2) is 59.5 Å². The molecule has 1 aromatic carbocycles. The van der Waals surface area contributed by atoms with Crippen LogP contribution in [0.5, 0.6) is 0 Å². The van der Waals surface area contributed by atoms with Crippen molar-refractivity contribution in [3.8, 4) is 11.8 Å². The van der Waals surface area contributed by atoms with E-state index in [4.69, 9.17) is 11.6 Å². The fraction of sp³-hybridized carbons (Fsp3) is 0.182. The third-order valence-electron chi connectivity index (χ3n) is 5.06. The average molecular weight is 468 g/mol. The van der Waals surface area contributed by atoms with Crippen molar-refractivity contribution in [1.29, 1.82) is 5.26 Å². The number of hydrogen-bond acceptors (Lipinski definition) is 6. The number of hydrogen-bond donors (Lipinski definition) is 3. The fourth-order valence-corrected chi connectivity index (χ4v) is 4.43. The SMILES string of the molecule is N#Cc1cc(-n2ccccc2=O)ccc1NC(=O)C1C[C@H](NC(=O)c2ccc(Cl)s2)CN1. The van der Waals surface area contributed by atoms with Crippen molar-refractivity contribution in [3.63, 3.8) is 0 Å². The minimum absolute atomic E-state index is 0.207. The van der Waals surface area contributed by atoms with E-state index in [1.807, 2.05) is 0 Å². The molecule has 1 aliphatic rings. The molecule has 0 aliphatic carbocycles. The van der Waals surface area contributed by atoms with E-state index in [-0.39, 0.29) is 29.0 Å². The first-order valence-corrected chi connectivity index (χ1v) is 11.0. The standard InChI is InChI=1S/C22H18ClN5O3S/c23-19-7-6-18(32-19)22(31)26-14-10-17(25-12-14)21(30)27-16-5-4-15(9-13(16)11-24)28-8-2-1-3-20(28)29/h1-9,14,17,25H,10,12H2,(H,26,31)(H,27,30)/t14-,17?/m0/s1. The lowest BCUT2D eigenvalue weighted by Crippen LogP contribution is -2.35. The average Bonchev–Trinajstić information content (AvgIpc) is 3.43. The highest BCUT2D eigenvalue weighted by Gasteiger charge is 2.31. The minimum atomic E-state index is -0.518. The topological polar surface area (TPSA) is 116 Å². The molecule has 2 aromatic heterocycles. The van der Waals surface area contributed by atoms with Gasteiger partial charge >= 0.3 is 0 Å². The Hall–Kier alpha value is -3.45. The highest BCUT2D eigenvalue weighted by molar-refractivity contribution is 7.18. The minimum Gasteiger partial charge on any atom is -0.347 e. The molecule has 8 nitrogen and oxygen atoms in total. The number of halogens is 1. The third-order valence-corrected chi connectivity index (χ3v) is 6.29. The summed E-state index contributed by atoms with van der Waals surface area (Å²) in [7, 11) is 0. The van der Waals surface area contributed by atoms with Crippen molar-refractivity contribution in [2.24, 2.45) is 0 Å². The molecule has 2 atom stereocenters. The Kier molecular flexibility index (Phi) is 6.37. The first kappa shape index (κ1) is 21.8. The van der Waals surface area contributed by atoms with Gasteiger partial charge in [-0.25, -0.2) is 0 Å². The Morgan fingerprint density at radius 2 is 2.06 bits per heavy atom. The molecule has 3 N–H and O–H groups in total. The summed E-state index contributed by atoms with van der Waals surface area (Å²) in [6, 6.07) is 14.2. The Morgan fingerprint density at radius 3 is 2.78 bits per heavy atom. The lowest BCUT2D eigenvalue weighted by Gasteiger charge is -2.14. The van der Waals surface area contributed by atoms with Gasteiger partial charge in [0.2, 0.25) is 5.91 Å². The fourth-order valence-electron chi connectivity index (χ4n) is 3.48. The molecule has 2 amide bonds. The molecule has 1 unspecified atom stereocenters. The molecule has 3 aromatic rings. The number of anilines is 1. The van der Waals surface area contributed by atoms with E-state index in [0.717, 1.165) is 0 Å². The van der Waals surface area contributed by atoms with Gasteiger partial charge in [-0.05, 0) is 42.8 Å². The van der Waals surface area contributed by atoms with Crippen LogP contribution in [0.2, 0.25) is 4.34 Å². The number of aromatic nitrogens is 1. The molecule has 162 valence electrons. The second-order valence-corrected chi connectivity index (χ2v) is 8.93. The lowest BCUT2D eigenvalue weighted by molar-refractivity contribution is -0.117. The summed E-state index contributed by atoms with van der Waals surface area (Å²) in [5.41, 5.74) is 0.901. The van der Waals surface area contributed by atoms with Crippen LogP contribution in [0.1, 0.15) is 21.7 Å². The number of carbonyl (C=O) groups excluding carboxylic acids is 2. The zero-order valence-electron chi connectivity index (χ0n) is 16.7. The lowest BCUT2D eigenvalue weighted by atomic mass is 10.1. The number of rotatable bonds is 5. The van der Waals surface area contributed by atoms with Gasteiger partial charge in [0, 0.05) is 24.8 Å². The number of amides is 2. The molecule has 0 saturated carbocycles. The van der Waals surface area contributed by atoms with Crippen LogP contribution in [-0.2, 0) is 4.79 Å². The van der Waals surface area contributed by atoms with Crippen LogP contribution in [0.4, 0.5) is 5.69 Å². The van der Waals surface area contributed by atoms with Gasteiger partial charge in [0.25, 0.3) is 11.5 Å². The van der Waals surface area contributed by atoms with Crippen LogP contribution in [0.3, 0.4) is 0 Å². The largest absolute Gasteiger partial charge is 0.347 e. The normalized spacial score (nSPS) is 17.5. The maximum atomic E-state index is 12.7. The second kappa shape index (κ2) is 9.36. The van der Waals surface area contributed by atoms with Crippen molar-refractivity contribution in [1.82, 2.24) is 15.2 Å². The summed E-state index contributed by atoms with van der Waals surface area (Å²) in [6.07, 6.45) is 2.02. The van der Waals surface area contributed by atoms with Gasteiger partial charge in [-0.1, -0.05) is 17.7 Å². The van der Waals surface area contributed by atoms with Crippen molar-refractivity contribution < 1.29 is 9.59 Å². The molecule has 0 spiro atoms. The zero-order valence-corrected chi connectivity index (χ0v) is 18.2. The van der Waals surface area contributed by atoms with Gasteiger partial charge in [0.15, 0.2) is 0 Å². The maximum Gasteiger partial charge on any atom is 0.261 e. The monoisotopic (exact) mass is 467 g/mol. The Bertz CT molecular complexity index is 1280. The Labute approximate surface area is 192 Å². The number of nitrogens with zero attached hydrogens (tertiary/aromatic N) is 2. The molecule has 0 radical (unpaired) electrons. The Morgan fingerprint density at radius 1 is 1.22 bits per heavy atom. The van der Waals surface area contributed by atoms with E-state index in [0.29, 0.717) is 33.6 Å². The number of carbonyl (C=O) groups is 2. The number of nitriles is 1. The Balaban J connectivity index is 1.41. The number of pyridine rings is 1. The van der Waals surface area contributed by atoms with Gasteiger partial charge in [0.1, 0.15) is 6.07 Å². The molecule has 32 heavy (non-hydrogen) atoms. The molecule has 1 aliphatic heterocycles. The van der Waals surface area contributed by atoms with Gasteiger partial charge in [-0.2, -0.15) is 5.26 Å².